The zero-order valence-corrected chi connectivity index (χ0v) is 9.36. The molecule has 0 spiro atoms. The molecular formula is C13H7ClO3. The summed E-state index contributed by atoms with van der Waals surface area (Å²) in [6.45, 7) is 0. The summed E-state index contributed by atoms with van der Waals surface area (Å²) in [5, 5.41) is 10.4. The molecule has 3 nitrogen and oxygen atoms in total. The highest BCUT2D eigenvalue weighted by molar-refractivity contribution is 6.35. The quantitative estimate of drug-likeness (QED) is 0.619. The second-order valence-electron chi connectivity index (χ2n) is 3.73. The SMILES string of the molecule is O=c1c2ccccc2oc2cc(O)cc(Cl)c12. The molecule has 0 aliphatic rings. The van der Waals surface area contributed by atoms with Gasteiger partial charge in [0.2, 0.25) is 5.43 Å². The third-order valence-corrected chi connectivity index (χ3v) is 2.92. The Bertz CT molecular complexity index is 790. The van der Waals surface area contributed by atoms with E-state index in [0.717, 1.165) is 0 Å². The van der Waals surface area contributed by atoms with Gasteiger partial charge in [0.05, 0.1) is 15.8 Å². The second-order valence-corrected chi connectivity index (χ2v) is 4.14. The molecule has 0 aliphatic heterocycles. The Labute approximate surface area is 101 Å². The third kappa shape index (κ3) is 1.47. The Kier molecular flexibility index (Phi) is 2.09. The molecule has 1 N–H and O–H groups in total. The van der Waals surface area contributed by atoms with E-state index in [1.54, 1.807) is 24.3 Å². The topological polar surface area (TPSA) is 50.4 Å². The summed E-state index contributed by atoms with van der Waals surface area (Å²) in [5.74, 6) is -0.0269. The normalized spacial score (nSPS) is 11.1. The van der Waals surface area contributed by atoms with Crippen LogP contribution in [-0.2, 0) is 0 Å². The first kappa shape index (κ1) is 10.2. The average Bonchev–Trinajstić information content (AvgIpc) is 2.28. The fourth-order valence-electron chi connectivity index (χ4n) is 1.87. The number of hydrogen-bond acceptors (Lipinski definition) is 3. The Morgan fingerprint density at radius 3 is 2.71 bits per heavy atom. The zero-order valence-electron chi connectivity index (χ0n) is 8.61. The van der Waals surface area contributed by atoms with E-state index in [0.29, 0.717) is 21.9 Å². The largest absolute Gasteiger partial charge is 0.508 e. The number of hydrogen-bond donors (Lipinski definition) is 1. The van der Waals surface area contributed by atoms with E-state index in [9.17, 15) is 9.90 Å². The summed E-state index contributed by atoms with van der Waals surface area (Å²) in [6, 6.07) is 9.64. The molecule has 1 aromatic heterocycles. The highest BCUT2D eigenvalue weighted by Gasteiger charge is 2.11. The van der Waals surface area contributed by atoms with Gasteiger partial charge in [-0.05, 0) is 18.2 Å². The van der Waals surface area contributed by atoms with E-state index in [1.165, 1.54) is 12.1 Å². The summed E-state index contributed by atoms with van der Waals surface area (Å²) in [4.78, 5) is 12.2. The van der Waals surface area contributed by atoms with Crippen molar-refractivity contribution in [2.75, 3.05) is 0 Å². The highest BCUT2D eigenvalue weighted by Crippen LogP contribution is 2.28. The lowest BCUT2D eigenvalue weighted by Crippen LogP contribution is -2.02. The van der Waals surface area contributed by atoms with Crippen molar-refractivity contribution in [2.45, 2.75) is 0 Å². The molecule has 0 amide bonds. The van der Waals surface area contributed by atoms with Crippen molar-refractivity contribution in [2.24, 2.45) is 0 Å². The van der Waals surface area contributed by atoms with Gasteiger partial charge in [0.25, 0.3) is 0 Å². The van der Waals surface area contributed by atoms with Crippen LogP contribution in [0.3, 0.4) is 0 Å². The number of phenolic OH excluding ortho intramolecular Hbond substituents is 1. The summed E-state index contributed by atoms with van der Waals surface area (Å²) in [5.41, 5.74) is 0.581. The molecular weight excluding hydrogens is 240 g/mol. The Balaban J connectivity index is 2.64. The molecule has 1 heterocycles. The van der Waals surface area contributed by atoms with Crippen molar-refractivity contribution in [3.63, 3.8) is 0 Å². The minimum absolute atomic E-state index is 0.0269. The molecule has 4 heteroatoms. The number of halogens is 1. The number of fused-ring (bicyclic) bond motifs is 2. The van der Waals surface area contributed by atoms with E-state index in [-0.39, 0.29) is 16.2 Å². The van der Waals surface area contributed by atoms with E-state index in [2.05, 4.69) is 0 Å². The Hall–Kier alpha value is -2.00. The van der Waals surface area contributed by atoms with Crippen molar-refractivity contribution in [1.82, 2.24) is 0 Å². The predicted octanol–water partition coefficient (Wildman–Crippen LogP) is 3.31. The maximum absolute atomic E-state index is 12.2. The number of benzene rings is 2. The second kappa shape index (κ2) is 3.50. The first-order valence-electron chi connectivity index (χ1n) is 5.01. The lowest BCUT2D eigenvalue weighted by Gasteiger charge is -2.03. The van der Waals surface area contributed by atoms with Gasteiger partial charge in [-0.1, -0.05) is 23.7 Å². The number of para-hydroxylation sites is 1. The third-order valence-electron chi connectivity index (χ3n) is 2.62. The Morgan fingerprint density at radius 1 is 1.12 bits per heavy atom. The van der Waals surface area contributed by atoms with Crippen molar-refractivity contribution >= 4 is 33.5 Å². The first-order chi connectivity index (χ1) is 8.16. The zero-order chi connectivity index (χ0) is 12.0. The fourth-order valence-corrected chi connectivity index (χ4v) is 2.16. The number of rotatable bonds is 0. The molecule has 0 unspecified atom stereocenters. The molecule has 17 heavy (non-hydrogen) atoms. The maximum atomic E-state index is 12.2. The summed E-state index contributed by atoms with van der Waals surface area (Å²) in [6.07, 6.45) is 0. The van der Waals surface area contributed by atoms with Gasteiger partial charge in [-0.2, -0.15) is 0 Å². The summed E-state index contributed by atoms with van der Waals surface area (Å²) >= 11 is 5.95. The minimum Gasteiger partial charge on any atom is -0.508 e. The van der Waals surface area contributed by atoms with Crippen molar-refractivity contribution in [1.29, 1.82) is 0 Å². The van der Waals surface area contributed by atoms with Crippen LogP contribution < -0.4 is 5.43 Å². The molecule has 0 fully saturated rings. The molecule has 0 atom stereocenters. The molecule has 84 valence electrons. The molecule has 0 saturated carbocycles. The van der Waals surface area contributed by atoms with Crippen LogP contribution in [0.2, 0.25) is 5.02 Å². The summed E-state index contributed by atoms with van der Waals surface area (Å²) in [7, 11) is 0. The van der Waals surface area contributed by atoms with Crippen LogP contribution >= 0.6 is 11.6 Å². The van der Waals surface area contributed by atoms with Gasteiger partial charge in [0, 0.05) is 6.07 Å². The Morgan fingerprint density at radius 2 is 1.88 bits per heavy atom. The van der Waals surface area contributed by atoms with E-state index in [1.807, 2.05) is 0 Å². The minimum atomic E-state index is -0.188. The highest BCUT2D eigenvalue weighted by atomic mass is 35.5. The van der Waals surface area contributed by atoms with E-state index >= 15 is 0 Å². The maximum Gasteiger partial charge on any atom is 0.202 e. The van der Waals surface area contributed by atoms with Gasteiger partial charge < -0.3 is 9.52 Å². The van der Waals surface area contributed by atoms with Crippen LogP contribution in [0.4, 0.5) is 0 Å². The lowest BCUT2D eigenvalue weighted by molar-refractivity contribution is 0.474. The van der Waals surface area contributed by atoms with Gasteiger partial charge in [0.1, 0.15) is 16.9 Å². The molecule has 2 aromatic carbocycles. The van der Waals surface area contributed by atoms with Gasteiger partial charge in [-0.3, -0.25) is 4.79 Å². The van der Waals surface area contributed by atoms with Crippen LogP contribution in [0.5, 0.6) is 5.75 Å². The molecule has 3 aromatic rings. The number of aromatic hydroxyl groups is 1. The summed E-state index contributed by atoms with van der Waals surface area (Å²) < 4.78 is 5.54. The lowest BCUT2D eigenvalue weighted by atomic mass is 10.1. The van der Waals surface area contributed by atoms with E-state index in [4.69, 9.17) is 16.0 Å². The standard InChI is InChI=1S/C13H7ClO3/c14-9-5-7(15)6-11-12(9)13(16)8-3-1-2-4-10(8)17-11/h1-6,15H. The van der Waals surface area contributed by atoms with Gasteiger partial charge >= 0.3 is 0 Å². The average molecular weight is 247 g/mol. The fraction of sp³-hybridized carbons (Fsp3) is 0. The molecule has 0 radical (unpaired) electrons. The van der Waals surface area contributed by atoms with Crippen molar-refractivity contribution < 1.29 is 9.52 Å². The van der Waals surface area contributed by atoms with Crippen LogP contribution in [0.25, 0.3) is 21.9 Å². The van der Waals surface area contributed by atoms with Gasteiger partial charge in [-0.15, -0.1) is 0 Å². The van der Waals surface area contributed by atoms with Gasteiger partial charge in [0.15, 0.2) is 0 Å². The molecule has 0 saturated heterocycles. The van der Waals surface area contributed by atoms with Gasteiger partial charge in [-0.25, -0.2) is 0 Å². The molecule has 0 bridgehead atoms. The van der Waals surface area contributed by atoms with Crippen molar-refractivity contribution in [3.05, 3.63) is 51.6 Å². The smallest absolute Gasteiger partial charge is 0.202 e. The monoisotopic (exact) mass is 246 g/mol. The predicted molar refractivity (Wildman–Crippen MR) is 66.7 cm³/mol. The molecule has 3 rings (SSSR count). The number of phenols is 1. The van der Waals surface area contributed by atoms with Crippen LogP contribution in [0.15, 0.2) is 45.6 Å². The molecule has 0 aliphatic carbocycles. The van der Waals surface area contributed by atoms with E-state index < -0.39 is 0 Å². The van der Waals surface area contributed by atoms with Crippen LogP contribution in [0, 0.1) is 0 Å². The first-order valence-corrected chi connectivity index (χ1v) is 5.38. The van der Waals surface area contributed by atoms with Crippen molar-refractivity contribution in [3.8, 4) is 5.75 Å². The van der Waals surface area contributed by atoms with Crippen LogP contribution in [0.1, 0.15) is 0 Å². The van der Waals surface area contributed by atoms with Crippen LogP contribution in [-0.4, -0.2) is 5.11 Å².